The summed E-state index contributed by atoms with van der Waals surface area (Å²) < 4.78 is 4.45. The van der Waals surface area contributed by atoms with E-state index in [1.807, 2.05) is 59.5 Å². The smallest absolute Gasteiger partial charge is 0.269 e. The molecule has 2 heterocycles. The molecule has 1 aliphatic rings. The first-order valence-electron chi connectivity index (χ1n) is 9.79. The molecule has 0 aliphatic carbocycles. The van der Waals surface area contributed by atoms with Crippen LogP contribution in [0.2, 0.25) is 5.02 Å². The van der Waals surface area contributed by atoms with Crippen LogP contribution in [0.5, 0.6) is 0 Å². The molecule has 29 heavy (non-hydrogen) atoms. The van der Waals surface area contributed by atoms with Gasteiger partial charge in [-0.2, -0.15) is 0 Å². The van der Waals surface area contributed by atoms with E-state index in [-0.39, 0.29) is 24.4 Å². The molecule has 4 nitrogen and oxygen atoms in total. The van der Waals surface area contributed by atoms with E-state index in [4.69, 9.17) is 11.6 Å². The summed E-state index contributed by atoms with van der Waals surface area (Å²) >= 11 is 6.05. The number of benzene rings is 2. The third-order valence-electron chi connectivity index (χ3n) is 5.26. The zero-order valence-electron chi connectivity index (χ0n) is 16.7. The molecule has 3 aromatic rings. The summed E-state index contributed by atoms with van der Waals surface area (Å²) in [5.74, 6) is 1.32. The Morgan fingerprint density at radius 3 is 2.48 bits per heavy atom. The molecule has 2 aromatic carbocycles. The quantitative estimate of drug-likeness (QED) is 0.564. The lowest BCUT2D eigenvalue weighted by Gasteiger charge is -2.26. The van der Waals surface area contributed by atoms with Gasteiger partial charge in [-0.05, 0) is 56.7 Å². The van der Waals surface area contributed by atoms with Gasteiger partial charge in [-0.3, -0.25) is 4.79 Å². The maximum atomic E-state index is 13.2. The number of hydrogen-bond donors (Lipinski definition) is 0. The van der Waals surface area contributed by atoms with Crippen molar-refractivity contribution >= 4 is 23.2 Å². The zero-order chi connectivity index (χ0) is 19.7. The van der Waals surface area contributed by atoms with E-state index in [2.05, 4.69) is 29.2 Å². The van der Waals surface area contributed by atoms with Crippen molar-refractivity contribution in [3.8, 4) is 11.3 Å². The van der Waals surface area contributed by atoms with Crippen LogP contribution in [-0.4, -0.2) is 16.5 Å². The Hall–Kier alpha value is -2.30. The Morgan fingerprint density at radius 1 is 1.14 bits per heavy atom. The highest BCUT2D eigenvalue weighted by molar-refractivity contribution is 6.30. The van der Waals surface area contributed by atoms with E-state index in [1.165, 1.54) is 5.82 Å². The van der Waals surface area contributed by atoms with Crippen LogP contribution in [-0.2, 0) is 24.3 Å². The number of halogens is 2. The molecule has 0 radical (unpaired) electrons. The number of carbonyl (C=O) groups is 1. The fourth-order valence-electron chi connectivity index (χ4n) is 4.04. The lowest BCUT2D eigenvalue weighted by atomic mass is 10.1. The van der Waals surface area contributed by atoms with Gasteiger partial charge < -0.3 is 17.3 Å². The van der Waals surface area contributed by atoms with Crippen molar-refractivity contribution in [3.05, 3.63) is 71.6 Å². The van der Waals surface area contributed by atoms with Gasteiger partial charge >= 0.3 is 0 Å². The van der Waals surface area contributed by atoms with E-state index in [1.54, 1.807) is 0 Å². The predicted octanol–water partition coefficient (Wildman–Crippen LogP) is 1.49. The summed E-state index contributed by atoms with van der Waals surface area (Å²) in [6.07, 6.45) is 4.21. The standard InChI is InChI=1S/C23H25ClN3O.ClH/c1-17(2)27(20-7-4-3-5-8-20)23(28)16-25-15-21(26-14-6-9-22(25)26)18-10-12-19(24)13-11-18;/h3-5,7-8,10-13,15,17H,6,9,14,16H2,1-2H3;1H/q+1;/p-1. The Morgan fingerprint density at radius 2 is 1.83 bits per heavy atom. The lowest BCUT2D eigenvalue weighted by Crippen LogP contribution is -3.00. The van der Waals surface area contributed by atoms with Gasteiger partial charge in [0.05, 0.1) is 13.0 Å². The molecule has 1 aliphatic heterocycles. The summed E-state index contributed by atoms with van der Waals surface area (Å²) in [7, 11) is 0. The Bertz CT molecular complexity index is 981. The number of rotatable bonds is 5. The Labute approximate surface area is 183 Å². The molecule has 0 saturated heterocycles. The number of aromatic nitrogens is 2. The minimum Gasteiger partial charge on any atom is -1.00 e. The number of nitrogens with zero attached hydrogens (tertiary/aromatic N) is 3. The third-order valence-corrected chi connectivity index (χ3v) is 5.51. The molecule has 0 atom stereocenters. The highest BCUT2D eigenvalue weighted by Gasteiger charge is 2.31. The van der Waals surface area contributed by atoms with Crippen LogP contribution in [0.3, 0.4) is 0 Å². The molecule has 4 rings (SSSR count). The van der Waals surface area contributed by atoms with Crippen LogP contribution in [0.15, 0.2) is 60.8 Å². The topological polar surface area (TPSA) is 29.1 Å². The van der Waals surface area contributed by atoms with Crippen molar-refractivity contribution in [3.63, 3.8) is 0 Å². The van der Waals surface area contributed by atoms with Crippen molar-refractivity contribution in [2.45, 2.75) is 45.8 Å². The number of imidazole rings is 1. The molecule has 6 heteroatoms. The van der Waals surface area contributed by atoms with Gasteiger partial charge in [0.15, 0.2) is 12.2 Å². The summed E-state index contributed by atoms with van der Waals surface area (Å²) in [6, 6.07) is 17.9. The minimum atomic E-state index is 0. The highest BCUT2D eigenvalue weighted by Crippen LogP contribution is 2.26. The van der Waals surface area contributed by atoms with Gasteiger partial charge in [0.2, 0.25) is 0 Å². The second-order valence-corrected chi connectivity index (χ2v) is 7.95. The monoisotopic (exact) mass is 429 g/mol. The molecule has 0 N–H and O–H groups in total. The molecule has 0 fully saturated rings. The fourth-order valence-corrected chi connectivity index (χ4v) is 4.16. The summed E-state index contributed by atoms with van der Waals surface area (Å²) in [5.41, 5.74) is 3.21. The number of amides is 1. The number of fused-ring (bicyclic) bond motifs is 1. The normalized spacial score (nSPS) is 12.6. The number of carbonyl (C=O) groups excluding carboxylic acids is 1. The van der Waals surface area contributed by atoms with E-state index in [0.29, 0.717) is 6.54 Å². The zero-order valence-corrected chi connectivity index (χ0v) is 18.2. The summed E-state index contributed by atoms with van der Waals surface area (Å²) in [5, 5.41) is 0.732. The largest absolute Gasteiger partial charge is 1.00 e. The average Bonchev–Trinajstić information content (AvgIpc) is 3.27. The van der Waals surface area contributed by atoms with Crippen LogP contribution < -0.4 is 21.9 Å². The molecule has 0 saturated carbocycles. The Balaban J connectivity index is 0.00000240. The van der Waals surface area contributed by atoms with Crippen molar-refractivity contribution < 1.29 is 21.8 Å². The minimum absolute atomic E-state index is 0. The molecule has 0 unspecified atom stereocenters. The van der Waals surface area contributed by atoms with Crippen molar-refractivity contribution in [1.82, 2.24) is 4.57 Å². The van der Waals surface area contributed by atoms with Gasteiger partial charge in [0.25, 0.3) is 11.7 Å². The van der Waals surface area contributed by atoms with Crippen molar-refractivity contribution in [2.24, 2.45) is 0 Å². The van der Waals surface area contributed by atoms with Crippen LogP contribution in [0.25, 0.3) is 11.3 Å². The molecular formula is C23H25Cl2N3O. The second-order valence-electron chi connectivity index (χ2n) is 7.51. The maximum absolute atomic E-state index is 13.2. The SMILES string of the molecule is CC(C)N(C(=O)C[n+]1cc(-c2ccc(Cl)cc2)n2c1CCC2)c1ccccc1.[Cl-]. The maximum Gasteiger partial charge on any atom is 0.269 e. The third kappa shape index (κ3) is 4.34. The predicted molar refractivity (Wildman–Crippen MR) is 112 cm³/mol. The highest BCUT2D eigenvalue weighted by atomic mass is 35.5. The first-order valence-corrected chi connectivity index (χ1v) is 10.2. The van der Waals surface area contributed by atoms with Gasteiger partial charge in [-0.1, -0.05) is 29.8 Å². The molecule has 1 aromatic heterocycles. The average molecular weight is 430 g/mol. The van der Waals surface area contributed by atoms with Gasteiger partial charge in [0.1, 0.15) is 6.20 Å². The summed E-state index contributed by atoms with van der Waals surface area (Å²) in [6.45, 7) is 5.44. The number of hydrogen-bond acceptors (Lipinski definition) is 1. The molecule has 0 spiro atoms. The number of para-hydroxylation sites is 1. The van der Waals surface area contributed by atoms with Crippen LogP contribution in [0.1, 0.15) is 26.1 Å². The van der Waals surface area contributed by atoms with Crippen LogP contribution >= 0.6 is 11.6 Å². The van der Waals surface area contributed by atoms with Crippen molar-refractivity contribution in [1.29, 1.82) is 0 Å². The lowest BCUT2D eigenvalue weighted by molar-refractivity contribution is -0.690. The number of anilines is 1. The van der Waals surface area contributed by atoms with Gasteiger partial charge in [-0.25, -0.2) is 9.13 Å². The Kier molecular flexibility index (Phi) is 6.66. The second kappa shape index (κ2) is 9.02. The molecule has 1 amide bonds. The van der Waals surface area contributed by atoms with Gasteiger partial charge in [-0.15, -0.1) is 0 Å². The van der Waals surface area contributed by atoms with E-state index in [0.717, 1.165) is 41.4 Å². The fraction of sp³-hybridized carbons (Fsp3) is 0.304. The first-order chi connectivity index (χ1) is 13.5. The molecule has 152 valence electrons. The molecular weight excluding hydrogens is 405 g/mol. The molecule has 0 bridgehead atoms. The van der Waals surface area contributed by atoms with Gasteiger partial charge in [0, 0.05) is 22.3 Å². The van der Waals surface area contributed by atoms with Crippen LogP contribution in [0.4, 0.5) is 5.69 Å². The van der Waals surface area contributed by atoms with E-state index in [9.17, 15) is 4.79 Å². The first kappa shape index (κ1) is 21.4. The summed E-state index contributed by atoms with van der Waals surface area (Å²) in [4.78, 5) is 15.1. The van der Waals surface area contributed by atoms with Crippen molar-refractivity contribution in [2.75, 3.05) is 4.90 Å². The van der Waals surface area contributed by atoms with Crippen LogP contribution in [0, 0.1) is 0 Å². The van der Waals surface area contributed by atoms with E-state index >= 15 is 0 Å². The van der Waals surface area contributed by atoms with E-state index < -0.39 is 0 Å².